The zero-order valence-electron chi connectivity index (χ0n) is 9.67. The molecule has 0 amide bonds. The molecule has 1 aromatic carbocycles. The molecule has 0 aliphatic heterocycles. The van der Waals surface area contributed by atoms with Gasteiger partial charge in [0.05, 0.1) is 0 Å². The van der Waals surface area contributed by atoms with Gasteiger partial charge in [0.15, 0.2) is 0 Å². The number of nitrogens with zero attached hydrogens (tertiary/aromatic N) is 1. The Hall–Kier alpha value is -1.48. The highest BCUT2D eigenvalue weighted by Crippen LogP contribution is 2.19. The van der Waals surface area contributed by atoms with E-state index in [0.29, 0.717) is 5.82 Å². The number of hydrogen-bond donors (Lipinski definition) is 1. The highest BCUT2D eigenvalue weighted by atomic mass is 32.2. The summed E-state index contributed by atoms with van der Waals surface area (Å²) in [6.45, 7) is 0. The fourth-order valence-corrected chi connectivity index (χ4v) is 2.40. The van der Waals surface area contributed by atoms with Gasteiger partial charge in [-0.15, -0.1) is 11.8 Å². The Morgan fingerprint density at radius 1 is 1.06 bits per heavy atom. The van der Waals surface area contributed by atoms with Crippen LogP contribution in [-0.2, 0) is 6.42 Å². The number of aromatic nitrogens is 1. The molecule has 0 fully saturated rings. The summed E-state index contributed by atoms with van der Waals surface area (Å²) in [6.07, 6.45) is 4.15. The maximum absolute atomic E-state index is 5.54. The van der Waals surface area contributed by atoms with E-state index >= 15 is 0 Å². The molecule has 2 N–H and O–H groups in total. The third-order valence-electron chi connectivity index (χ3n) is 2.48. The van der Waals surface area contributed by atoms with Crippen LogP contribution in [0.2, 0.25) is 0 Å². The lowest BCUT2D eigenvalue weighted by Crippen LogP contribution is -1.90. The Morgan fingerprint density at radius 2 is 1.88 bits per heavy atom. The minimum atomic E-state index is 0.582. The van der Waals surface area contributed by atoms with E-state index < -0.39 is 0 Å². The summed E-state index contributed by atoms with van der Waals surface area (Å²) in [5.74, 6) is 1.69. The average Bonchev–Trinajstić information content (AvgIpc) is 2.38. The van der Waals surface area contributed by atoms with Crippen molar-refractivity contribution in [2.24, 2.45) is 0 Å². The predicted molar refractivity (Wildman–Crippen MR) is 74.1 cm³/mol. The lowest BCUT2D eigenvalue weighted by atomic mass is 10.1. The van der Waals surface area contributed by atoms with Crippen LogP contribution in [0.5, 0.6) is 0 Å². The number of anilines is 1. The number of rotatable bonds is 5. The second kappa shape index (κ2) is 6.30. The molecule has 2 rings (SSSR count). The largest absolute Gasteiger partial charge is 0.384 e. The number of aryl methyl sites for hydroxylation is 1. The van der Waals surface area contributed by atoms with Gasteiger partial charge in [-0.3, -0.25) is 0 Å². The smallest absolute Gasteiger partial charge is 0.123 e. The van der Waals surface area contributed by atoms with E-state index in [2.05, 4.69) is 35.3 Å². The minimum absolute atomic E-state index is 0.582. The van der Waals surface area contributed by atoms with Crippen LogP contribution in [0.1, 0.15) is 12.0 Å². The van der Waals surface area contributed by atoms with Crippen LogP contribution in [0.15, 0.2) is 53.6 Å². The molecule has 0 saturated carbocycles. The van der Waals surface area contributed by atoms with Crippen LogP contribution in [0.4, 0.5) is 5.82 Å². The molecule has 2 nitrogen and oxygen atoms in total. The van der Waals surface area contributed by atoms with Crippen molar-refractivity contribution in [3.63, 3.8) is 0 Å². The average molecular weight is 244 g/mol. The van der Waals surface area contributed by atoms with Gasteiger partial charge in [-0.05, 0) is 36.3 Å². The summed E-state index contributed by atoms with van der Waals surface area (Å²) in [5, 5.41) is 0. The maximum Gasteiger partial charge on any atom is 0.123 e. The molecule has 0 aliphatic carbocycles. The van der Waals surface area contributed by atoms with E-state index in [9.17, 15) is 0 Å². The SMILES string of the molecule is Nc1ccc(SCCCc2ccccc2)cn1. The second-order valence-corrected chi connectivity index (χ2v) is 5.02. The standard InChI is InChI=1S/C14H16N2S/c15-14-9-8-13(11-16-14)17-10-4-7-12-5-2-1-3-6-12/h1-3,5-6,8-9,11H,4,7,10H2,(H2,15,16). The summed E-state index contributed by atoms with van der Waals surface area (Å²) in [6, 6.07) is 14.5. The lowest BCUT2D eigenvalue weighted by molar-refractivity contribution is 0.933. The summed E-state index contributed by atoms with van der Waals surface area (Å²) in [7, 11) is 0. The Kier molecular flexibility index (Phi) is 4.45. The van der Waals surface area contributed by atoms with Crippen LogP contribution >= 0.6 is 11.8 Å². The van der Waals surface area contributed by atoms with Gasteiger partial charge in [-0.2, -0.15) is 0 Å². The number of pyridine rings is 1. The number of benzene rings is 1. The second-order valence-electron chi connectivity index (χ2n) is 3.86. The highest BCUT2D eigenvalue weighted by molar-refractivity contribution is 7.99. The lowest BCUT2D eigenvalue weighted by Gasteiger charge is -2.02. The molecule has 0 radical (unpaired) electrons. The summed E-state index contributed by atoms with van der Waals surface area (Å²) in [4.78, 5) is 5.26. The van der Waals surface area contributed by atoms with Crippen molar-refractivity contribution in [3.8, 4) is 0 Å². The normalized spacial score (nSPS) is 10.4. The first-order valence-corrected chi connectivity index (χ1v) is 6.71. The molecule has 3 heteroatoms. The summed E-state index contributed by atoms with van der Waals surface area (Å²) < 4.78 is 0. The number of nitrogen functional groups attached to an aromatic ring is 1. The molecular formula is C14H16N2S. The molecule has 17 heavy (non-hydrogen) atoms. The quantitative estimate of drug-likeness (QED) is 0.647. The van der Waals surface area contributed by atoms with E-state index in [0.717, 1.165) is 12.2 Å². The molecule has 1 aromatic heterocycles. The molecule has 0 bridgehead atoms. The van der Waals surface area contributed by atoms with Crippen molar-refractivity contribution in [3.05, 3.63) is 54.2 Å². The Bertz CT molecular complexity index is 440. The molecule has 0 spiro atoms. The van der Waals surface area contributed by atoms with Crippen molar-refractivity contribution in [2.45, 2.75) is 17.7 Å². The molecule has 0 saturated heterocycles. The summed E-state index contributed by atoms with van der Waals surface area (Å²) in [5.41, 5.74) is 6.94. The molecule has 1 heterocycles. The van der Waals surface area contributed by atoms with Gasteiger partial charge in [0.2, 0.25) is 0 Å². The maximum atomic E-state index is 5.54. The Labute approximate surface area is 106 Å². The predicted octanol–water partition coefficient (Wildman–Crippen LogP) is 3.39. The first-order valence-electron chi connectivity index (χ1n) is 5.73. The first-order chi connectivity index (χ1) is 8.34. The van der Waals surface area contributed by atoms with Gasteiger partial charge in [-0.1, -0.05) is 30.3 Å². The monoisotopic (exact) mass is 244 g/mol. The zero-order chi connectivity index (χ0) is 11.9. The first kappa shape index (κ1) is 12.0. The molecule has 2 aromatic rings. The number of hydrogen-bond acceptors (Lipinski definition) is 3. The van der Waals surface area contributed by atoms with Crippen molar-refractivity contribution < 1.29 is 0 Å². The Balaban J connectivity index is 1.71. The van der Waals surface area contributed by atoms with E-state index in [1.807, 2.05) is 30.1 Å². The van der Waals surface area contributed by atoms with E-state index in [-0.39, 0.29) is 0 Å². The Morgan fingerprint density at radius 3 is 2.59 bits per heavy atom. The van der Waals surface area contributed by atoms with Crippen LogP contribution in [0.3, 0.4) is 0 Å². The van der Waals surface area contributed by atoms with E-state index in [1.165, 1.54) is 16.9 Å². The van der Waals surface area contributed by atoms with Crippen molar-refractivity contribution in [2.75, 3.05) is 11.5 Å². The number of nitrogens with two attached hydrogens (primary N) is 1. The van der Waals surface area contributed by atoms with Gasteiger partial charge in [0.1, 0.15) is 5.82 Å². The molecule has 0 atom stereocenters. The topological polar surface area (TPSA) is 38.9 Å². The third kappa shape index (κ3) is 4.11. The van der Waals surface area contributed by atoms with Crippen molar-refractivity contribution in [1.82, 2.24) is 4.98 Å². The van der Waals surface area contributed by atoms with E-state index in [1.54, 1.807) is 0 Å². The highest BCUT2D eigenvalue weighted by Gasteiger charge is 1.96. The van der Waals surface area contributed by atoms with Gasteiger partial charge in [0, 0.05) is 11.1 Å². The van der Waals surface area contributed by atoms with Crippen LogP contribution < -0.4 is 5.73 Å². The van der Waals surface area contributed by atoms with Crippen molar-refractivity contribution in [1.29, 1.82) is 0 Å². The molecular weight excluding hydrogens is 228 g/mol. The van der Waals surface area contributed by atoms with Crippen LogP contribution in [0.25, 0.3) is 0 Å². The van der Waals surface area contributed by atoms with Gasteiger partial charge in [-0.25, -0.2) is 4.98 Å². The van der Waals surface area contributed by atoms with Crippen LogP contribution in [0, 0.1) is 0 Å². The fraction of sp³-hybridized carbons (Fsp3) is 0.214. The summed E-state index contributed by atoms with van der Waals surface area (Å²) >= 11 is 1.83. The molecule has 0 unspecified atom stereocenters. The molecule has 0 aliphatic rings. The van der Waals surface area contributed by atoms with Crippen LogP contribution in [-0.4, -0.2) is 10.7 Å². The third-order valence-corrected chi connectivity index (χ3v) is 3.55. The van der Waals surface area contributed by atoms with Gasteiger partial charge in [0.25, 0.3) is 0 Å². The van der Waals surface area contributed by atoms with E-state index in [4.69, 9.17) is 5.73 Å². The van der Waals surface area contributed by atoms with Gasteiger partial charge >= 0.3 is 0 Å². The number of thioether (sulfide) groups is 1. The van der Waals surface area contributed by atoms with Crippen molar-refractivity contribution >= 4 is 17.6 Å². The van der Waals surface area contributed by atoms with Gasteiger partial charge < -0.3 is 5.73 Å². The zero-order valence-corrected chi connectivity index (χ0v) is 10.5. The minimum Gasteiger partial charge on any atom is -0.384 e. The molecule has 88 valence electrons. The fourth-order valence-electron chi connectivity index (χ4n) is 1.59.